The lowest BCUT2D eigenvalue weighted by Crippen LogP contribution is -2.12. The van der Waals surface area contributed by atoms with Gasteiger partial charge in [-0.3, -0.25) is 0 Å². The van der Waals surface area contributed by atoms with E-state index in [0.29, 0.717) is 0 Å². The van der Waals surface area contributed by atoms with Gasteiger partial charge < -0.3 is 0 Å². The Labute approximate surface area is 174 Å². The molecule has 0 heteroatoms. The summed E-state index contributed by atoms with van der Waals surface area (Å²) in [6.07, 6.45) is 25.0. The SMILES string of the molecule is CCCCCCC[C@H]1CC[C@H](/C=C/C#C/C=C/c2ccc(CCC)cc2)CC1. The summed E-state index contributed by atoms with van der Waals surface area (Å²) in [6.45, 7) is 4.51. The van der Waals surface area contributed by atoms with E-state index in [1.54, 1.807) is 0 Å². The van der Waals surface area contributed by atoms with Gasteiger partial charge in [0.15, 0.2) is 0 Å². The van der Waals surface area contributed by atoms with Gasteiger partial charge in [0, 0.05) is 0 Å². The van der Waals surface area contributed by atoms with Gasteiger partial charge in [-0.2, -0.15) is 0 Å². The molecule has 1 fully saturated rings. The van der Waals surface area contributed by atoms with Gasteiger partial charge in [0.05, 0.1) is 0 Å². The Bertz CT molecular complexity index is 627. The lowest BCUT2D eigenvalue weighted by Gasteiger charge is -2.26. The number of benzene rings is 1. The molecule has 0 heterocycles. The second-order valence-electron chi connectivity index (χ2n) is 8.46. The maximum absolute atomic E-state index is 3.18. The molecule has 1 aliphatic rings. The van der Waals surface area contributed by atoms with Crippen LogP contribution >= 0.6 is 0 Å². The van der Waals surface area contributed by atoms with Gasteiger partial charge in [0.1, 0.15) is 0 Å². The quantitative estimate of drug-likeness (QED) is 0.284. The molecule has 28 heavy (non-hydrogen) atoms. The summed E-state index contributed by atoms with van der Waals surface area (Å²) in [4.78, 5) is 0. The fourth-order valence-electron chi connectivity index (χ4n) is 4.21. The monoisotopic (exact) mass is 376 g/mol. The Balaban J connectivity index is 1.62. The predicted molar refractivity (Wildman–Crippen MR) is 125 cm³/mol. The van der Waals surface area contributed by atoms with Gasteiger partial charge in [0.2, 0.25) is 0 Å². The van der Waals surface area contributed by atoms with Crippen molar-refractivity contribution >= 4 is 6.08 Å². The Morgan fingerprint density at radius 1 is 0.821 bits per heavy atom. The molecule has 0 bridgehead atoms. The van der Waals surface area contributed by atoms with Crippen LogP contribution in [0.4, 0.5) is 0 Å². The highest BCUT2D eigenvalue weighted by Gasteiger charge is 2.18. The molecule has 0 aromatic heterocycles. The number of hydrogen-bond donors (Lipinski definition) is 0. The van der Waals surface area contributed by atoms with E-state index in [4.69, 9.17) is 0 Å². The van der Waals surface area contributed by atoms with E-state index in [2.05, 4.69) is 68.2 Å². The molecule has 0 N–H and O–H groups in total. The average molecular weight is 377 g/mol. The van der Waals surface area contributed by atoms with Crippen molar-refractivity contribution in [1.82, 2.24) is 0 Å². The number of unbranched alkanes of at least 4 members (excludes halogenated alkanes) is 4. The first kappa shape index (κ1) is 22.5. The van der Waals surface area contributed by atoms with E-state index < -0.39 is 0 Å². The zero-order valence-corrected chi connectivity index (χ0v) is 18.3. The third kappa shape index (κ3) is 9.45. The Hall–Kier alpha value is -1.74. The van der Waals surface area contributed by atoms with Crippen molar-refractivity contribution in [3.8, 4) is 11.8 Å². The highest BCUT2D eigenvalue weighted by Crippen LogP contribution is 2.32. The van der Waals surface area contributed by atoms with E-state index in [1.165, 1.54) is 81.8 Å². The molecule has 0 aliphatic heterocycles. The molecule has 0 amide bonds. The van der Waals surface area contributed by atoms with Gasteiger partial charge in [-0.15, -0.1) is 0 Å². The summed E-state index contributed by atoms with van der Waals surface area (Å²) in [6, 6.07) is 8.80. The van der Waals surface area contributed by atoms with E-state index in [0.717, 1.165) is 18.3 Å². The zero-order valence-electron chi connectivity index (χ0n) is 18.3. The smallest absolute Gasteiger partial charge is 0.0109 e. The van der Waals surface area contributed by atoms with Crippen molar-refractivity contribution in [3.05, 3.63) is 53.6 Å². The normalized spacial score (nSPS) is 19.8. The van der Waals surface area contributed by atoms with Gasteiger partial charge >= 0.3 is 0 Å². The predicted octanol–water partition coefficient (Wildman–Crippen LogP) is 8.38. The number of aryl methyl sites for hydroxylation is 1. The fourth-order valence-corrected chi connectivity index (χ4v) is 4.21. The van der Waals surface area contributed by atoms with Crippen molar-refractivity contribution in [3.63, 3.8) is 0 Å². The maximum atomic E-state index is 3.18. The first-order valence-corrected chi connectivity index (χ1v) is 11.7. The summed E-state index contributed by atoms with van der Waals surface area (Å²) in [7, 11) is 0. The van der Waals surface area contributed by atoms with Crippen LogP contribution in [-0.4, -0.2) is 0 Å². The molecule has 2 rings (SSSR count). The van der Waals surface area contributed by atoms with Gasteiger partial charge in [-0.05, 0) is 73.3 Å². The Morgan fingerprint density at radius 3 is 2.25 bits per heavy atom. The van der Waals surface area contributed by atoms with Crippen LogP contribution in [0.15, 0.2) is 42.5 Å². The summed E-state index contributed by atoms with van der Waals surface area (Å²) in [5, 5.41) is 0. The van der Waals surface area contributed by atoms with Crippen molar-refractivity contribution < 1.29 is 0 Å². The highest BCUT2D eigenvalue weighted by molar-refractivity contribution is 5.53. The van der Waals surface area contributed by atoms with Crippen molar-refractivity contribution in [1.29, 1.82) is 0 Å². The maximum Gasteiger partial charge on any atom is -0.0109 e. The molecule has 0 saturated heterocycles. The Kier molecular flexibility index (Phi) is 11.5. The van der Waals surface area contributed by atoms with Crippen LogP contribution in [0.2, 0.25) is 0 Å². The average Bonchev–Trinajstić information content (AvgIpc) is 2.73. The minimum Gasteiger partial charge on any atom is -0.0730 e. The van der Waals surface area contributed by atoms with Gasteiger partial charge in [-0.25, -0.2) is 0 Å². The minimum absolute atomic E-state index is 0.751. The van der Waals surface area contributed by atoms with Crippen molar-refractivity contribution in [2.24, 2.45) is 11.8 Å². The molecular formula is C28H40. The summed E-state index contributed by atoms with van der Waals surface area (Å²) < 4.78 is 0. The lowest BCUT2D eigenvalue weighted by atomic mass is 9.79. The van der Waals surface area contributed by atoms with Gasteiger partial charge in [0.25, 0.3) is 0 Å². The molecule has 0 spiro atoms. The molecule has 1 saturated carbocycles. The fraction of sp³-hybridized carbons (Fsp3) is 0.571. The number of allylic oxidation sites excluding steroid dienone is 3. The molecule has 1 aromatic rings. The molecule has 152 valence electrons. The minimum atomic E-state index is 0.751. The van der Waals surface area contributed by atoms with Gasteiger partial charge in [-0.1, -0.05) is 101 Å². The third-order valence-electron chi connectivity index (χ3n) is 6.02. The topological polar surface area (TPSA) is 0 Å². The summed E-state index contributed by atoms with van der Waals surface area (Å²) in [5.41, 5.74) is 2.64. The van der Waals surface area contributed by atoms with Crippen LogP contribution in [0.1, 0.15) is 95.6 Å². The molecular weight excluding hydrogens is 336 g/mol. The molecule has 0 nitrogen and oxygen atoms in total. The number of hydrogen-bond acceptors (Lipinski definition) is 0. The van der Waals surface area contributed by atoms with Crippen LogP contribution in [0.3, 0.4) is 0 Å². The summed E-state index contributed by atoms with van der Waals surface area (Å²) >= 11 is 0. The standard InChI is InChI=1S/C28H40/c1-3-5-6-7-10-14-27-21-23-28(24-22-27)16-12-9-8-11-15-26-19-17-25(13-4-2)18-20-26/h11-12,15-20,27-28H,3-7,10,13-14,21-24H2,1-2H3/b15-11+,16-12+/t27-,28-. The van der Waals surface area contributed by atoms with E-state index in [1.807, 2.05) is 6.08 Å². The van der Waals surface area contributed by atoms with Crippen molar-refractivity contribution in [2.75, 3.05) is 0 Å². The summed E-state index contributed by atoms with van der Waals surface area (Å²) in [5.74, 6) is 8.07. The first-order chi connectivity index (χ1) is 13.8. The van der Waals surface area contributed by atoms with Crippen LogP contribution in [-0.2, 0) is 6.42 Å². The second kappa shape index (κ2) is 14.3. The van der Waals surface area contributed by atoms with E-state index in [9.17, 15) is 0 Å². The molecule has 1 aliphatic carbocycles. The Morgan fingerprint density at radius 2 is 1.54 bits per heavy atom. The zero-order chi connectivity index (χ0) is 19.9. The van der Waals surface area contributed by atoms with Crippen LogP contribution in [0, 0.1) is 23.7 Å². The van der Waals surface area contributed by atoms with Crippen molar-refractivity contribution in [2.45, 2.75) is 90.9 Å². The molecule has 0 atom stereocenters. The van der Waals surface area contributed by atoms with Crippen LogP contribution in [0.5, 0.6) is 0 Å². The first-order valence-electron chi connectivity index (χ1n) is 11.7. The second-order valence-corrected chi connectivity index (χ2v) is 8.46. The molecule has 1 aromatic carbocycles. The lowest BCUT2D eigenvalue weighted by molar-refractivity contribution is 0.288. The van der Waals surface area contributed by atoms with Crippen LogP contribution < -0.4 is 0 Å². The van der Waals surface area contributed by atoms with E-state index >= 15 is 0 Å². The van der Waals surface area contributed by atoms with E-state index in [-0.39, 0.29) is 0 Å². The molecule has 0 radical (unpaired) electrons. The number of rotatable bonds is 10. The van der Waals surface area contributed by atoms with Crippen LogP contribution in [0.25, 0.3) is 6.08 Å². The highest BCUT2D eigenvalue weighted by atomic mass is 14.2. The largest absolute Gasteiger partial charge is 0.0730 e. The third-order valence-corrected chi connectivity index (χ3v) is 6.02. The molecule has 0 unspecified atom stereocenters.